The Balaban J connectivity index is 2.16. The number of rotatable bonds is 3. The molecule has 94 valence electrons. The molecule has 0 saturated carbocycles. The maximum atomic E-state index is 13.5. The van der Waals surface area contributed by atoms with Crippen LogP contribution in [0.3, 0.4) is 0 Å². The van der Waals surface area contributed by atoms with Gasteiger partial charge in [-0.05, 0) is 49.2 Å². The van der Waals surface area contributed by atoms with Gasteiger partial charge in [0.05, 0.1) is 5.02 Å². The van der Waals surface area contributed by atoms with E-state index in [4.69, 9.17) is 16.3 Å². The highest BCUT2D eigenvalue weighted by atomic mass is 35.5. The molecule has 3 heteroatoms. The van der Waals surface area contributed by atoms with E-state index in [0.717, 1.165) is 16.9 Å². The molecule has 0 aromatic heterocycles. The SMILES string of the molecule is Cc1cc(C)cc(OCc2c(F)cccc2Cl)c1. The molecule has 0 fully saturated rings. The molecule has 0 unspecified atom stereocenters. The van der Waals surface area contributed by atoms with Crippen LogP contribution in [0.25, 0.3) is 0 Å². The van der Waals surface area contributed by atoms with Crippen molar-refractivity contribution in [3.8, 4) is 5.75 Å². The topological polar surface area (TPSA) is 9.23 Å². The Bertz CT molecular complexity index is 526. The molecular weight excluding hydrogens is 251 g/mol. The minimum atomic E-state index is -0.341. The first-order valence-electron chi connectivity index (χ1n) is 5.70. The van der Waals surface area contributed by atoms with Crippen LogP contribution in [0.2, 0.25) is 5.02 Å². The van der Waals surface area contributed by atoms with E-state index in [0.29, 0.717) is 10.6 Å². The third kappa shape index (κ3) is 3.02. The van der Waals surface area contributed by atoms with Crippen LogP contribution >= 0.6 is 11.6 Å². The van der Waals surface area contributed by atoms with Gasteiger partial charge in [-0.3, -0.25) is 0 Å². The van der Waals surface area contributed by atoms with Gasteiger partial charge in [-0.1, -0.05) is 23.7 Å². The fraction of sp³-hybridized carbons (Fsp3) is 0.200. The number of hydrogen-bond acceptors (Lipinski definition) is 1. The largest absolute Gasteiger partial charge is 0.489 e. The van der Waals surface area contributed by atoms with Crippen LogP contribution < -0.4 is 4.74 Å². The van der Waals surface area contributed by atoms with Gasteiger partial charge in [0, 0.05) is 5.56 Å². The summed E-state index contributed by atoms with van der Waals surface area (Å²) >= 11 is 5.94. The molecule has 0 spiro atoms. The summed E-state index contributed by atoms with van der Waals surface area (Å²) in [6, 6.07) is 10.5. The van der Waals surface area contributed by atoms with Crippen molar-refractivity contribution in [3.05, 3.63) is 63.9 Å². The summed E-state index contributed by atoms with van der Waals surface area (Å²) in [6.45, 7) is 4.13. The number of benzene rings is 2. The normalized spacial score (nSPS) is 10.4. The van der Waals surface area contributed by atoms with Crippen molar-refractivity contribution in [1.82, 2.24) is 0 Å². The van der Waals surface area contributed by atoms with Crippen LogP contribution in [0, 0.1) is 19.7 Å². The fourth-order valence-electron chi connectivity index (χ4n) is 1.84. The van der Waals surface area contributed by atoms with Crippen LogP contribution in [0.15, 0.2) is 36.4 Å². The van der Waals surface area contributed by atoms with Crippen molar-refractivity contribution in [2.45, 2.75) is 20.5 Å². The van der Waals surface area contributed by atoms with Crippen LogP contribution in [-0.2, 0) is 6.61 Å². The van der Waals surface area contributed by atoms with Crippen molar-refractivity contribution in [2.24, 2.45) is 0 Å². The lowest BCUT2D eigenvalue weighted by Gasteiger charge is -2.10. The van der Waals surface area contributed by atoms with Crippen molar-refractivity contribution in [2.75, 3.05) is 0 Å². The van der Waals surface area contributed by atoms with Crippen molar-refractivity contribution >= 4 is 11.6 Å². The Morgan fingerprint density at radius 2 is 1.78 bits per heavy atom. The fourth-order valence-corrected chi connectivity index (χ4v) is 2.06. The van der Waals surface area contributed by atoms with Gasteiger partial charge in [0.15, 0.2) is 0 Å². The minimum absolute atomic E-state index is 0.133. The molecule has 2 aromatic rings. The highest BCUT2D eigenvalue weighted by molar-refractivity contribution is 6.31. The highest BCUT2D eigenvalue weighted by Gasteiger charge is 2.07. The number of ether oxygens (including phenoxy) is 1. The maximum absolute atomic E-state index is 13.5. The van der Waals surface area contributed by atoms with Gasteiger partial charge in [0.25, 0.3) is 0 Å². The van der Waals surface area contributed by atoms with Crippen molar-refractivity contribution in [1.29, 1.82) is 0 Å². The number of hydrogen-bond donors (Lipinski definition) is 0. The average molecular weight is 265 g/mol. The minimum Gasteiger partial charge on any atom is -0.489 e. The maximum Gasteiger partial charge on any atom is 0.131 e. The van der Waals surface area contributed by atoms with Gasteiger partial charge >= 0.3 is 0 Å². The standard InChI is InChI=1S/C15H14ClFO/c1-10-6-11(2)8-12(7-10)18-9-13-14(16)4-3-5-15(13)17/h3-8H,9H2,1-2H3. The van der Waals surface area contributed by atoms with E-state index in [-0.39, 0.29) is 12.4 Å². The zero-order valence-electron chi connectivity index (χ0n) is 10.3. The molecule has 0 aliphatic heterocycles. The molecule has 0 aliphatic rings. The third-order valence-corrected chi connectivity index (χ3v) is 2.99. The summed E-state index contributed by atoms with van der Waals surface area (Å²) < 4.78 is 19.1. The first-order valence-corrected chi connectivity index (χ1v) is 6.08. The molecule has 0 aliphatic carbocycles. The lowest BCUT2D eigenvalue weighted by Crippen LogP contribution is -2.00. The Hall–Kier alpha value is -1.54. The molecule has 1 nitrogen and oxygen atoms in total. The van der Waals surface area contributed by atoms with Crippen LogP contribution in [0.4, 0.5) is 4.39 Å². The molecule has 0 saturated heterocycles. The lowest BCUT2D eigenvalue weighted by molar-refractivity contribution is 0.299. The summed E-state index contributed by atoms with van der Waals surface area (Å²) in [5.41, 5.74) is 2.62. The van der Waals surface area contributed by atoms with E-state index >= 15 is 0 Å². The zero-order chi connectivity index (χ0) is 13.1. The zero-order valence-corrected chi connectivity index (χ0v) is 11.1. The van der Waals surface area contributed by atoms with E-state index in [9.17, 15) is 4.39 Å². The summed E-state index contributed by atoms with van der Waals surface area (Å²) in [5, 5.41) is 0.388. The molecule has 2 rings (SSSR count). The smallest absolute Gasteiger partial charge is 0.131 e. The molecule has 0 N–H and O–H groups in total. The summed E-state index contributed by atoms with van der Waals surface area (Å²) in [7, 11) is 0. The Labute approximate surface area is 111 Å². The van der Waals surface area contributed by atoms with Gasteiger partial charge in [-0.2, -0.15) is 0 Å². The second-order valence-electron chi connectivity index (χ2n) is 4.31. The highest BCUT2D eigenvalue weighted by Crippen LogP contribution is 2.22. The van der Waals surface area contributed by atoms with Gasteiger partial charge in [0.1, 0.15) is 18.2 Å². The first-order chi connectivity index (χ1) is 8.56. The monoisotopic (exact) mass is 264 g/mol. The molecular formula is C15H14ClFO. The van der Waals surface area contributed by atoms with E-state index in [1.165, 1.54) is 6.07 Å². The molecule has 0 atom stereocenters. The predicted octanol–water partition coefficient (Wildman–Crippen LogP) is 4.67. The average Bonchev–Trinajstić information content (AvgIpc) is 2.27. The molecule has 18 heavy (non-hydrogen) atoms. The Kier molecular flexibility index (Phi) is 3.87. The first kappa shape index (κ1) is 12.9. The quantitative estimate of drug-likeness (QED) is 0.782. The Morgan fingerprint density at radius 1 is 1.11 bits per heavy atom. The number of halogens is 2. The molecule has 0 amide bonds. The Morgan fingerprint density at radius 3 is 2.39 bits per heavy atom. The van der Waals surface area contributed by atoms with Gasteiger partial charge in [-0.15, -0.1) is 0 Å². The lowest BCUT2D eigenvalue weighted by atomic mass is 10.1. The third-order valence-electron chi connectivity index (χ3n) is 2.64. The van der Waals surface area contributed by atoms with Crippen LogP contribution in [0.5, 0.6) is 5.75 Å². The van der Waals surface area contributed by atoms with Gasteiger partial charge in [-0.25, -0.2) is 4.39 Å². The van der Waals surface area contributed by atoms with E-state index < -0.39 is 0 Å². The summed E-state index contributed by atoms with van der Waals surface area (Å²) in [5.74, 6) is 0.388. The van der Waals surface area contributed by atoms with Crippen LogP contribution in [0.1, 0.15) is 16.7 Å². The van der Waals surface area contributed by atoms with Crippen molar-refractivity contribution < 1.29 is 9.13 Å². The van der Waals surface area contributed by atoms with E-state index in [1.54, 1.807) is 12.1 Å². The van der Waals surface area contributed by atoms with E-state index in [2.05, 4.69) is 6.07 Å². The second-order valence-corrected chi connectivity index (χ2v) is 4.72. The molecule has 2 aromatic carbocycles. The second kappa shape index (κ2) is 5.40. The molecule has 0 radical (unpaired) electrons. The summed E-state index contributed by atoms with van der Waals surface area (Å²) in [4.78, 5) is 0. The molecule has 0 heterocycles. The predicted molar refractivity (Wildman–Crippen MR) is 71.7 cm³/mol. The molecule has 0 bridgehead atoms. The van der Waals surface area contributed by atoms with Crippen LogP contribution in [-0.4, -0.2) is 0 Å². The number of aryl methyl sites for hydroxylation is 2. The van der Waals surface area contributed by atoms with Gasteiger partial charge < -0.3 is 4.74 Å². The van der Waals surface area contributed by atoms with E-state index in [1.807, 2.05) is 26.0 Å². The van der Waals surface area contributed by atoms with Crippen molar-refractivity contribution in [3.63, 3.8) is 0 Å². The summed E-state index contributed by atoms with van der Waals surface area (Å²) in [6.07, 6.45) is 0. The van der Waals surface area contributed by atoms with Gasteiger partial charge in [0.2, 0.25) is 0 Å².